The van der Waals surface area contributed by atoms with E-state index in [1.807, 2.05) is 19.1 Å². The number of halogens is 2. The van der Waals surface area contributed by atoms with Crippen molar-refractivity contribution in [3.63, 3.8) is 0 Å². The fraction of sp³-hybridized carbons (Fsp3) is 0.0909. The highest BCUT2D eigenvalue weighted by atomic mass is 32.2. The third kappa shape index (κ3) is 4.19. The van der Waals surface area contributed by atoms with Crippen LogP contribution in [0.2, 0.25) is 0 Å². The Morgan fingerprint density at radius 3 is 2.57 bits per heavy atom. The minimum absolute atomic E-state index is 0.0329. The van der Waals surface area contributed by atoms with Crippen molar-refractivity contribution in [1.29, 1.82) is 0 Å². The molecule has 4 heterocycles. The Kier molecular flexibility index (Phi) is 5.65. The van der Waals surface area contributed by atoms with Gasteiger partial charge in [0.25, 0.3) is 10.0 Å². The van der Waals surface area contributed by atoms with Crippen molar-refractivity contribution >= 4 is 32.0 Å². The Morgan fingerprint density at radius 2 is 1.86 bits per heavy atom. The van der Waals surface area contributed by atoms with Gasteiger partial charge in [0, 0.05) is 35.8 Å². The van der Waals surface area contributed by atoms with Gasteiger partial charge in [0.05, 0.1) is 18.5 Å². The maximum Gasteiger partial charge on any atom is 0.264 e. The highest BCUT2D eigenvalue weighted by molar-refractivity contribution is 7.92. The number of rotatable bonds is 6. The van der Waals surface area contributed by atoms with E-state index in [1.165, 1.54) is 30.7 Å². The van der Waals surface area contributed by atoms with E-state index in [-0.39, 0.29) is 11.6 Å². The summed E-state index contributed by atoms with van der Waals surface area (Å²) < 4.78 is 62.1. The normalized spacial score (nSPS) is 11.7. The fourth-order valence-corrected chi connectivity index (χ4v) is 5.54. The quantitative estimate of drug-likeness (QED) is 0.359. The van der Waals surface area contributed by atoms with Crippen molar-refractivity contribution in [2.75, 3.05) is 11.8 Å². The summed E-state index contributed by atoms with van der Waals surface area (Å²) in [4.78, 5) is 12.7. The molecule has 13 heteroatoms. The van der Waals surface area contributed by atoms with Gasteiger partial charge >= 0.3 is 0 Å². The van der Waals surface area contributed by atoms with Gasteiger partial charge in [0.1, 0.15) is 27.2 Å². The van der Waals surface area contributed by atoms with Crippen LogP contribution < -0.4 is 9.46 Å². The van der Waals surface area contributed by atoms with Crippen LogP contribution >= 0.6 is 11.3 Å². The largest absolute Gasteiger partial charge is 0.480 e. The van der Waals surface area contributed by atoms with Crippen LogP contribution in [0.3, 0.4) is 0 Å². The number of aromatic nitrogens is 5. The van der Waals surface area contributed by atoms with Crippen molar-refractivity contribution in [1.82, 2.24) is 24.6 Å². The summed E-state index contributed by atoms with van der Waals surface area (Å²) >= 11 is 1.29. The van der Waals surface area contributed by atoms with Gasteiger partial charge in [-0.05, 0) is 37.3 Å². The first-order valence-corrected chi connectivity index (χ1v) is 12.4. The molecule has 4 aromatic heterocycles. The lowest BCUT2D eigenvalue weighted by Gasteiger charge is -2.12. The number of pyridine rings is 2. The van der Waals surface area contributed by atoms with Crippen molar-refractivity contribution < 1.29 is 21.9 Å². The zero-order valence-electron chi connectivity index (χ0n) is 18.2. The van der Waals surface area contributed by atoms with Crippen LogP contribution in [0.15, 0.2) is 59.9 Å². The molecule has 1 aromatic carbocycles. The van der Waals surface area contributed by atoms with Crippen LogP contribution in [0.5, 0.6) is 5.88 Å². The highest BCUT2D eigenvalue weighted by Gasteiger charge is 2.23. The minimum Gasteiger partial charge on any atom is -0.480 e. The Hall–Kier alpha value is -3.97. The Bertz CT molecular complexity index is 1670. The number of methoxy groups -OCH3 is 1. The highest BCUT2D eigenvalue weighted by Crippen LogP contribution is 2.34. The van der Waals surface area contributed by atoms with Gasteiger partial charge in [0.15, 0.2) is 0 Å². The number of hydrogen-bond acceptors (Lipinski definition) is 8. The monoisotopic (exact) mass is 514 g/mol. The predicted molar refractivity (Wildman–Crippen MR) is 126 cm³/mol. The Labute approximate surface area is 202 Å². The van der Waals surface area contributed by atoms with Gasteiger partial charge in [-0.25, -0.2) is 31.7 Å². The second-order valence-electron chi connectivity index (χ2n) is 7.34. The van der Waals surface area contributed by atoms with Gasteiger partial charge in [-0.2, -0.15) is 5.10 Å². The fourth-order valence-electron chi connectivity index (χ4n) is 3.50. The first-order chi connectivity index (χ1) is 16.8. The maximum atomic E-state index is 14.1. The summed E-state index contributed by atoms with van der Waals surface area (Å²) in [6.07, 6.45) is 4.83. The molecule has 35 heavy (non-hydrogen) atoms. The SMILES string of the molecule is COc1ncc(-c2nn3c(-c4ccncc4)c(C)nc3s2)cc1NS(=O)(=O)c1ccc(F)cc1F. The van der Waals surface area contributed by atoms with E-state index < -0.39 is 26.6 Å². The summed E-state index contributed by atoms with van der Waals surface area (Å²) in [6.45, 7) is 1.88. The van der Waals surface area contributed by atoms with Gasteiger partial charge < -0.3 is 4.74 Å². The average Bonchev–Trinajstić information content (AvgIpc) is 3.35. The number of aryl methyl sites for hydroxylation is 1. The van der Waals surface area contributed by atoms with Crippen LogP contribution in [0.25, 0.3) is 26.8 Å². The molecular formula is C22H16F2N6O3S2. The lowest BCUT2D eigenvalue weighted by molar-refractivity contribution is 0.400. The van der Waals surface area contributed by atoms with Crippen molar-refractivity contribution in [3.8, 4) is 27.7 Å². The number of hydrogen-bond donors (Lipinski definition) is 1. The van der Waals surface area contributed by atoms with E-state index in [9.17, 15) is 17.2 Å². The first-order valence-electron chi connectivity index (χ1n) is 10.1. The van der Waals surface area contributed by atoms with E-state index >= 15 is 0 Å². The molecule has 0 fully saturated rings. The third-order valence-electron chi connectivity index (χ3n) is 5.05. The molecule has 0 aliphatic carbocycles. The van der Waals surface area contributed by atoms with Crippen molar-refractivity contribution in [2.45, 2.75) is 11.8 Å². The van der Waals surface area contributed by atoms with E-state index in [4.69, 9.17) is 4.74 Å². The minimum atomic E-state index is -4.41. The number of ether oxygens (including phenoxy) is 1. The molecule has 0 aliphatic rings. The van der Waals surface area contributed by atoms with E-state index in [0.717, 1.165) is 29.1 Å². The van der Waals surface area contributed by atoms with Crippen LogP contribution in [0.1, 0.15) is 5.69 Å². The van der Waals surface area contributed by atoms with E-state index in [0.29, 0.717) is 21.6 Å². The molecule has 9 nitrogen and oxygen atoms in total. The second kappa shape index (κ2) is 8.67. The summed E-state index contributed by atoms with van der Waals surface area (Å²) in [5.41, 5.74) is 2.94. The Balaban J connectivity index is 1.56. The molecule has 0 radical (unpaired) electrons. The van der Waals surface area contributed by atoms with Gasteiger partial charge in [0.2, 0.25) is 10.8 Å². The molecule has 0 bridgehead atoms. The number of nitrogens with one attached hydrogen (secondary N) is 1. The number of imidazole rings is 1. The third-order valence-corrected chi connectivity index (χ3v) is 7.41. The van der Waals surface area contributed by atoms with E-state index in [1.54, 1.807) is 16.9 Å². The van der Waals surface area contributed by atoms with Crippen molar-refractivity contribution in [3.05, 3.63) is 72.3 Å². The molecule has 5 aromatic rings. The summed E-state index contributed by atoms with van der Waals surface area (Å²) in [5.74, 6) is -2.15. The molecule has 0 aliphatic heterocycles. The molecule has 5 rings (SSSR count). The van der Waals surface area contributed by atoms with Crippen LogP contribution in [-0.2, 0) is 10.0 Å². The molecule has 0 saturated heterocycles. The summed E-state index contributed by atoms with van der Waals surface area (Å²) in [6, 6.07) is 7.38. The zero-order valence-corrected chi connectivity index (χ0v) is 19.9. The average molecular weight is 515 g/mol. The molecule has 0 unspecified atom stereocenters. The summed E-state index contributed by atoms with van der Waals surface area (Å²) in [5, 5.41) is 5.17. The molecule has 0 amide bonds. The molecule has 0 saturated carbocycles. The number of anilines is 1. The maximum absolute atomic E-state index is 14.1. The number of fused-ring (bicyclic) bond motifs is 1. The van der Waals surface area contributed by atoms with Crippen LogP contribution in [0.4, 0.5) is 14.5 Å². The van der Waals surface area contributed by atoms with Crippen LogP contribution in [0, 0.1) is 18.6 Å². The van der Waals surface area contributed by atoms with Gasteiger partial charge in [-0.1, -0.05) is 11.3 Å². The predicted octanol–water partition coefficient (Wildman–Crippen LogP) is 4.31. The summed E-state index contributed by atoms with van der Waals surface area (Å²) in [7, 11) is -3.09. The smallest absolute Gasteiger partial charge is 0.264 e. The first kappa shape index (κ1) is 22.8. The number of nitrogens with zero attached hydrogens (tertiary/aromatic N) is 5. The number of sulfonamides is 1. The Morgan fingerprint density at radius 1 is 1.09 bits per heavy atom. The molecule has 178 valence electrons. The van der Waals surface area contributed by atoms with Gasteiger partial charge in [-0.3, -0.25) is 9.71 Å². The van der Waals surface area contributed by atoms with Crippen LogP contribution in [-0.4, -0.2) is 40.1 Å². The second-order valence-corrected chi connectivity index (χ2v) is 9.95. The standard InChI is InChI=1S/C22H16F2N6O3S2/c1-12-19(13-5-7-25-8-6-13)30-22(27-12)34-21(28-30)14-9-17(20(33-2)26-11-14)29-35(31,32)18-4-3-15(23)10-16(18)24/h3-11,29H,1-2H3. The molecule has 0 spiro atoms. The molecule has 0 atom stereocenters. The van der Waals surface area contributed by atoms with E-state index in [2.05, 4.69) is 24.8 Å². The topological polar surface area (TPSA) is 111 Å². The molecule has 1 N–H and O–H groups in total. The number of benzene rings is 1. The van der Waals surface area contributed by atoms with Gasteiger partial charge in [-0.15, -0.1) is 0 Å². The molecular weight excluding hydrogens is 498 g/mol. The van der Waals surface area contributed by atoms with Crippen molar-refractivity contribution in [2.24, 2.45) is 0 Å². The lowest BCUT2D eigenvalue weighted by Crippen LogP contribution is -2.15. The zero-order chi connectivity index (χ0) is 24.7. The lowest BCUT2D eigenvalue weighted by atomic mass is 10.2.